The molecule has 0 unspecified atom stereocenters. The first-order chi connectivity index (χ1) is 9.25. The number of carbonyl (C=O) groups is 1. The maximum Gasteiger partial charge on any atom is 0.498 e. The van der Waals surface area contributed by atoms with Crippen LogP contribution in [-0.4, -0.2) is 40.1 Å². The van der Waals surface area contributed by atoms with Crippen molar-refractivity contribution in [2.45, 2.75) is 38.9 Å². The van der Waals surface area contributed by atoms with Crippen molar-refractivity contribution in [1.29, 1.82) is 0 Å². The van der Waals surface area contributed by atoms with E-state index in [0.29, 0.717) is 5.46 Å². The van der Waals surface area contributed by atoms with Crippen LogP contribution in [0.15, 0.2) is 12.4 Å². The molecule has 0 saturated carbocycles. The topological polar surface area (TPSA) is 73.3 Å². The maximum absolute atomic E-state index is 11.1. The molecule has 1 amide bonds. The van der Waals surface area contributed by atoms with Crippen molar-refractivity contribution in [2.24, 2.45) is 0 Å². The Morgan fingerprint density at radius 2 is 1.75 bits per heavy atom. The molecule has 1 aromatic rings. The van der Waals surface area contributed by atoms with Crippen molar-refractivity contribution in [3.63, 3.8) is 0 Å². The van der Waals surface area contributed by atoms with Crippen molar-refractivity contribution >= 4 is 36.0 Å². The summed E-state index contributed by atoms with van der Waals surface area (Å²) in [7, 11) is -0.516. The molecule has 6 nitrogen and oxygen atoms in total. The van der Waals surface area contributed by atoms with Gasteiger partial charge in [-0.2, -0.15) is 0 Å². The van der Waals surface area contributed by atoms with Gasteiger partial charge in [-0.05, 0) is 27.7 Å². The lowest BCUT2D eigenvalue weighted by Gasteiger charge is -2.32. The zero-order valence-electron chi connectivity index (χ0n) is 11.9. The summed E-state index contributed by atoms with van der Waals surface area (Å²) in [4.78, 5) is 19.2. The second kappa shape index (κ2) is 5.31. The van der Waals surface area contributed by atoms with Gasteiger partial charge in [-0.1, -0.05) is 0 Å². The van der Waals surface area contributed by atoms with E-state index in [2.05, 4.69) is 15.3 Å². The number of hydrogen-bond acceptors (Lipinski definition) is 5. The van der Waals surface area contributed by atoms with Gasteiger partial charge in [0, 0.05) is 17.9 Å². The van der Waals surface area contributed by atoms with Crippen LogP contribution in [0.25, 0.3) is 0 Å². The van der Waals surface area contributed by atoms with E-state index in [1.807, 2.05) is 27.7 Å². The van der Waals surface area contributed by atoms with Gasteiger partial charge in [0.25, 0.3) is 0 Å². The Bertz CT molecular complexity index is 491. The van der Waals surface area contributed by atoms with E-state index in [-0.39, 0.29) is 17.7 Å². The minimum atomic E-state index is -0.516. The third-order valence-electron chi connectivity index (χ3n) is 3.57. The fourth-order valence-electron chi connectivity index (χ4n) is 1.66. The second-order valence-electron chi connectivity index (χ2n) is 5.61. The maximum atomic E-state index is 11.1. The number of nitrogens with one attached hydrogen (secondary N) is 1. The van der Waals surface area contributed by atoms with Crippen LogP contribution in [0.5, 0.6) is 0 Å². The molecule has 0 aromatic carbocycles. The van der Waals surface area contributed by atoms with Gasteiger partial charge in [-0.15, -0.1) is 11.6 Å². The van der Waals surface area contributed by atoms with E-state index >= 15 is 0 Å². The number of hydrogen-bond donors (Lipinski definition) is 1. The van der Waals surface area contributed by atoms with Crippen LogP contribution in [-0.2, 0) is 14.1 Å². The molecule has 1 saturated heterocycles. The summed E-state index contributed by atoms with van der Waals surface area (Å²) in [5.41, 5.74) is -0.126. The zero-order valence-corrected chi connectivity index (χ0v) is 12.7. The highest BCUT2D eigenvalue weighted by Crippen LogP contribution is 2.36. The summed E-state index contributed by atoms with van der Waals surface area (Å²) in [5.74, 6) is -0.284. The first-order valence-corrected chi connectivity index (χ1v) is 6.82. The second-order valence-corrected chi connectivity index (χ2v) is 5.88. The quantitative estimate of drug-likeness (QED) is 0.664. The number of amides is 1. The molecule has 0 spiro atoms. The van der Waals surface area contributed by atoms with E-state index < -0.39 is 18.3 Å². The third kappa shape index (κ3) is 2.94. The average Bonchev–Trinajstić information content (AvgIpc) is 2.59. The highest BCUT2D eigenvalue weighted by atomic mass is 35.5. The summed E-state index contributed by atoms with van der Waals surface area (Å²) < 4.78 is 11.8. The highest BCUT2D eigenvalue weighted by molar-refractivity contribution is 6.61. The molecular formula is C12H17BClN3O3. The van der Waals surface area contributed by atoms with Gasteiger partial charge in [-0.25, -0.2) is 9.97 Å². The largest absolute Gasteiger partial charge is 0.498 e. The molecule has 1 fully saturated rings. The van der Waals surface area contributed by atoms with Gasteiger partial charge in [0.2, 0.25) is 11.9 Å². The Balaban J connectivity index is 2.10. The molecule has 1 aliphatic rings. The molecule has 0 aliphatic carbocycles. The summed E-state index contributed by atoms with van der Waals surface area (Å²) in [6.07, 6.45) is 3.14. The Hall–Kier alpha value is -1.18. The Labute approximate surface area is 123 Å². The summed E-state index contributed by atoms with van der Waals surface area (Å²) in [6, 6.07) is 0. The molecule has 0 bridgehead atoms. The molecule has 2 rings (SSSR count). The summed E-state index contributed by atoms with van der Waals surface area (Å²) >= 11 is 5.39. The number of halogens is 1. The smallest absolute Gasteiger partial charge is 0.399 e. The van der Waals surface area contributed by atoms with Crippen molar-refractivity contribution in [3.8, 4) is 0 Å². The first kappa shape index (κ1) is 15.2. The molecule has 20 heavy (non-hydrogen) atoms. The average molecular weight is 298 g/mol. The fourth-order valence-corrected chi connectivity index (χ4v) is 1.73. The van der Waals surface area contributed by atoms with Gasteiger partial charge in [0.15, 0.2) is 0 Å². The highest BCUT2D eigenvalue weighted by Gasteiger charge is 2.51. The Morgan fingerprint density at radius 1 is 1.25 bits per heavy atom. The monoisotopic (exact) mass is 297 g/mol. The molecule has 8 heteroatoms. The van der Waals surface area contributed by atoms with Crippen molar-refractivity contribution < 1.29 is 14.1 Å². The van der Waals surface area contributed by atoms with Gasteiger partial charge >= 0.3 is 7.12 Å². The zero-order chi connectivity index (χ0) is 15.0. The fraction of sp³-hybridized carbons (Fsp3) is 0.583. The predicted molar refractivity (Wildman–Crippen MR) is 77.1 cm³/mol. The molecule has 2 heterocycles. The van der Waals surface area contributed by atoms with Gasteiger partial charge in [-0.3, -0.25) is 10.1 Å². The number of carbonyl (C=O) groups excluding carboxylic acids is 1. The third-order valence-corrected chi connectivity index (χ3v) is 3.81. The van der Waals surface area contributed by atoms with Crippen LogP contribution < -0.4 is 10.8 Å². The lowest BCUT2D eigenvalue weighted by atomic mass is 9.81. The van der Waals surface area contributed by atoms with Crippen molar-refractivity contribution in [1.82, 2.24) is 9.97 Å². The summed E-state index contributed by atoms with van der Waals surface area (Å²) in [5, 5.41) is 2.47. The predicted octanol–water partition coefficient (Wildman–Crippen LogP) is 0.953. The van der Waals surface area contributed by atoms with Crippen LogP contribution in [0.1, 0.15) is 27.7 Å². The van der Waals surface area contributed by atoms with Crippen LogP contribution >= 0.6 is 11.6 Å². The van der Waals surface area contributed by atoms with Gasteiger partial charge in [0.05, 0.1) is 11.2 Å². The van der Waals surface area contributed by atoms with E-state index in [1.165, 1.54) is 0 Å². The number of anilines is 1. The minimum Gasteiger partial charge on any atom is -0.399 e. The normalized spacial score (nSPS) is 19.9. The van der Waals surface area contributed by atoms with E-state index in [1.54, 1.807) is 12.4 Å². The minimum absolute atomic E-state index is 0.137. The molecule has 1 N–H and O–H groups in total. The lowest BCUT2D eigenvalue weighted by Crippen LogP contribution is -2.41. The van der Waals surface area contributed by atoms with Crippen molar-refractivity contribution in [2.75, 3.05) is 11.2 Å². The number of rotatable bonds is 3. The number of aromatic nitrogens is 2. The Morgan fingerprint density at radius 3 is 2.20 bits per heavy atom. The summed E-state index contributed by atoms with van der Waals surface area (Å²) in [6.45, 7) is 7.90. The van der Waals surface area contributed by atoms with E-state index in [4.69, 9.17) is 20.9 Å². The molecular weight excluding hydrogens is 280 g/mol. The number of nitrogens with zero attached hydrogens (tertiary/aromatic N) is 2. The number of alkyl halides is 1. The molecule has 1 aromatic heterocycles. The molecule has 108 valence electrons. The van der Waals surface area contributed by atoms with E-state index in [9.17, 15) is 4.79 Å². The first-order valence-electron chi connectivity index (χ1n) is 6.28. The van der Waals surface area contributed by atoms with Crippen LogP contribution in [0.4, 0.5) is 5.95 Å². The van der Waals surface area contributed by atoms with Gasteiger partial charge in [0.1, 0.15) is 5.88 Å². The molecule has 1 aliphatic heterocycles. The van der Waals surface area contributed by atoms with Crippen LogP contribution in [0, 0.1) is 0 Å². The lowest BCUT2D eigenvalue weighted by molar-refractivity contribution is -0.114. The standard InChI is InChI=1S/C12H17BClN3O3/c1-11(2)12(3,4)20-13(19-11)8-6-15-10(16-7-8)17-9(18)5-14/h6-7H,5H2,1-4H3,(H,15,16,17,18). The molecule has 0 radical (unpaired) electrons. The Kier molecular flexibility index (Phi) is 4.04. The SMILES string of the molecule is CC1(C)OB(c2cnc(NC(=O)CCl)nc2)OC1(C)C. The van der Waals surface area contributed by atoms with E-state index in [0.717, 1.165) is 0 Å². The van der Waals surface area contributed by atoms with Gasteiger partial charge < -0.3 is 9.31 Å². The van der Waals surface area contributed by atoms with Crippen molar-refractivity contribution in [3.05, 3.63) is 12.4 Å². The van der Waals surface area contributed by atoms with Crippen LogP contribution in [0.3, 0.4) is 0 Å². The van der Waals surface area contributed by atoms with Crippen LogP contribution in [0.2, 0.25) is 0 Å². The molecule has 0 atom stereocenters.